The standard InChI is InChI=1S/C14H18N2S/c1-10-5-11(2)7-13(6-10)14(16-15)8-12-3-4-17-9-12/h3-7,9,14,16H,8,15H2,1-2H3. The maximum atomic E-state index is 5.67. The molecule has 2 nitrogen and oxygen atoms in total. The van der Waals surface area contributed by atoms with Crippen molar-refractivity contribution in [2.24, 2.45) is 5.84 Å². The zero-order valence-corrected chi connectivity index (χ0v) is 11.1. The molecular formula is C14H18N2S. The molecule has 1 aromatic carbocycles. The van der Waals surface area contributed by atoms with Crippen LogP contribution in [0.2, 0.25) is 0 Å². The molecule has 3 N–H and O–H groups in total. The second kappa shape index (κ2) is 5.45. The molecule has 0 amide bonds. The highest BCUT2D eigenvalue weighted by Crippen LogP contribution is 2.21. The van der Waals surface area contributed by atoms with E-state index in [9.17, 15) is 0 Å². The molecule has 2 aromatic rings. The Kier molecular flexibility index (Phi) is 3.94. The zero-order chi connectivity index (χ0) is 12.3. The average molecular weight is 246 g/mol. The van der Waals surface area contributed by atoms with Crippen LogP contribution in [0.5, 0.6) is 0 Å². The SMILES string of the molecule is Cc1cc(C)cc(C(Cc2ccsc2)NN)c1. The van der Waals surface area contributed by atoms with E-state index in [1.54, 1.807) is 11.3 Å². The van der Waals surface area contributed by atoms with Crippen LogP contribution in [0.1, 0.15) is 28.3 Å². The lowest BCUT2D eigenvalue weighted by Gasteiger charge is -2.17. The van der Waals surface area contributed by atoms with Crippen LogP contribution in [-0.2, 0) is 6.42 Å². The van der Waals surface area contributed by atoms with Gasteiger partial charge in [-0.25, -0.2) is 0 Å². The molecule has 0 bridgehead atoms. The number of thiophene rings is 1. The number of benzene rings is 1. The van der Waals surface area contributed by atoms with E-state index in [-0.39, 0.29) is 6.04 Å². The molecule has 2 rings (SSSR count). The summed E-state index contributed by atoms with van der Waals surface area (Å²) in [4.78, 5) is 0. The van der Waals surface area contributed by atoms with Crippen molar-refractivity contribution in [2.45, 2.75) is 26.3 Å². The average Bonchev–Trinajstić information content (AvgIpc) is 2.77. The number of nitrogens with one attached hydrogen (secondary N) is 1. The highest BCUT2D eigenvalue weighted by atomic mass is 32.1. The van der Waals surface area contributed by atoms with Gasteiger partial charge in [0, 0.05) is 0 Å². The molecule has 17 heavy (non-hydrogen) atoms. The van der Waals surface area contributed by atoms with Gasteiger partial charge in [-0.05, 0) is 48.2 Å². The van der Waals surface area contributed by atoms with Crippen LogP contribution in [-0.4, -0.2) is 0 Å². The molecule has 1 aromatic heterocycles. The topological polar surface area (TPSA) is 38.0 Å². The number of hydrazine groups is 1. The monoisotopic (exact) mass is 246 g/mol. The first kappa shape index (κ1) is 12.3. The molecule has 90 valence electrons. The number of hydrogen-bond acceptors (Lipinski definition) is 3. The summed E-state index contributed by atoms with van der Waals surface area (Å²) < 4.78 is 0. The highest BCUT2D eigenvalue weighted by Gasteiger charge is 2.11. The van der Waals surface area contributed by atoms with Gasteiger partial charge < -0.3 is 0 Å². The van der Waals surface area contributed by atoms with Crippen molar-refractivity contribution in [2.75, 3.05) is 0 Å². The summed E-state index contributed by atoms with van der Waals surface area (Å²) >= 11 is 1.72. The molecule has 3 heteroatoms. The lowest BCUT2D eigenvalue weighted by Crippen LogP contribution is -2.29. The normalized spacial score (nSPS) is 12.6. The summed E-state index contributed by atoms with van der Waals surface area (Å²) in [6.07, 6.45) is 0.933. The summed E-state index contributed by atoms with van der Waals surface area (Å²) in [7, 11) is 0. The van der Waals surface area contributed by atoms with Crippen LogP contribution in [0, 0.1) is 13.8 Å². The Morgan fingerprint density at radius 1 is 1.24 bits per heavy atom. The van der Waals surface area contributed by atoms with Gasteiger partial charge >= 0.3 is 0 Å². The van der Waals surface area contributed by atoms with Gasteiger partial charge in [-0.3, -0.25) is 11.3 Å². The molecule has 0 aliphatic rings. The predicted molar refractivity (Wildman–Crippen MR) is 74.0 cm³/mol. The minimum Gasteiger partial charge on any atom is -0.271 e. The van der Waals surface area contributed by atoms with Crippen LogP contribution in [0.15, 0.2) is 35.0 Å². The van der Waals surface area contributed by atoms with Crippen molar-refractivity contribution in [3.8, 4) is 0 Å². The van der Waals surface area contributed by atoms with Crippen molar-refractivity contribution < 1.29 is 0 Å². The second-order valence-electron chi connectivity index (χ2n) is 4.48. The maximum Gasteiger partial charge on any atom is 0.0500 e. The Morgan fingerprint density at radius 2 is 1.94 bits per heavy atom. The van der Waals surface area contributed by atoms with Crippen LogP contribution in [0.25, 0.3) is 0 Å². The van der Waals surface area contributed by atoms with Gasteiger partial charge in [0.2, 0.25) is 0 Å². The van der Waals surface area contributed by atoms with E-state index in [0.717, 1.165) is 6.42 Å². The second-order valence-corrected chi connectivity index (χ2v) is 5.26. The van der Waals surface area contributed by atoms with E-state index in [2.05, 4.69) is 54.3 Å². The molecule has 1 heterocycles. The molecule has 1 unspecified atom stereocenters. The Labute approximate surface area is 106 Å². The van der Waals surface area contributed by atoms with Gasteiger partial charge in [0.05, 0.1) is 6.04 Å². The quantitative estimate of drug-likeness (QED) is 0.642. The molecule has 0 fully saturated rings. The minimum absolute atomic E-state index is 0.184. The van der Waals surface area contributed by atoms with E-state index in [1.165, 1.54) is 22.3 Å². The fourth-order valence-electron chi connectivity index (χ4n) is 2.13. The van der Waals surface area contributed by atoms with Crippen LogP contribution < -0.4 is 11.3 Å². The molecule has 0 aliphatic carbocycles. The molecule has 0 saturated heterocycles. The van der Waals surface area contributed by atoms with Crippen LogP contribution in [0.4, 0.5) is 0 Å². The van der Waals surface area contributed by atoms with Crippen molar-refractivity contribution in [3.05, 3.63) is 57.3 Å². The summed E-state index contributed by atoms with van der Waals surface area (Å²) in [6, 6.07) is 8.91. The van der Waals surface area contributed by atoms with E-state index < -0.39 is 0 Å². The van der Waals surface area contributed by atoms with E-state index in [0.29, 0.717) is 0 Å². The van der Waals surface area contributed by atoms with Gasteiger partial charge in [-0.1, -0.05) is 29.3 Å². The van der Waals surface area contributed by atoms with E-state index in [4.69, 9.17) is 5.84 Å². The lowest BCUT2D eigenvalue weighted by molar-refractivity contribution is 0.552. The third-order valence-electron chi connectivity index (χ3n) is 2.87. The van der Waals surface area contributed by atoms with Crippen LogP contribution >= 0.6 is 11.3 Å². The summed E-state index contributed by atoms with van der Waals surface area (Å²) in [6.45, 7) is 4.24. The molecule has 0 spiro atoms. The zero-order valence-electron chi connectivity index (χ0n) is 10.2. The molecule has 0 aliphatic heterocycles. The summed E-state index contributed by atoms with van der Waals surface area (Å²) in [5.74, 6) is 5.67. The predicted octanol–water partition coefficient (Wildman–Crippen LogP) is 3.11. The van der Waals surface area contributed by atoms with Crippen LogP contribution in [0.3, 0.4) is 0 Å². The first-order valence-electron chi connectivity index (χ1n) is 5.74. The van der Waals surface area contributed by atoms with Gasteiger partial charge in [-0.2, -0.15) is 11.3 Å². The Bertz CT molecular complexity index is 457. The minimum atomic E-state index is 0.184. The van der Waals surface area contributed by atoms with E-state index in [1.807, 2.05) is 0 Å². The van der Waals surface area contributed by atoms with Gasteiger partial charge in [0.15, 0.2) is 0 Å². The van der Waals surface area contributed by atoms with Crippen molar-refractivity contribution in [1.82, 2.24) is 5.43 Å². The Hall–Kier alpha value is -1.16. The van der Waals surface area contributed by atoms with E-state index >= 15 is 0 Å². The number of rotatable bonds is 4. The van der Waals surface area contributed by atoms with Gasteiger partial charge in [0.1, 0.15) is 0 Å². The molecule has 1 atom stereocenters. The number of nitrogens with two attached hydrogens (primary N) is 1. The first-order valence-corrected chi connectivity index (χ1v) is 6.68. The Morgan fingerprint density at radius 3 is 2.47 bits per heavy atom. The number of hydrogen-bond donors (Lipinski definition) is 2. The summed E-state index contributed by atoms with van der Waals surface area (Å²) in [5, 5.41) is 4.28. The molecule has 0 saturated carbocycles. The molecular weight excluding hydrogens is 228 g/mol. The maximum absolute atomic E-state index is 5.67. The largest absolute Gasteiger partial charge is 0.271 e. The van der Waals surface area contributed by atoms with Crippen molar-refractivity contribution in [3.63, 3.8) is 0 Å². The van der Waals surface area contributed by atoms with Crippen molar-refractivity contribution >= 4 is 11.3 Å². The van der Waals surface area contributed by atoms with Gasteiger partial charge in [0.25, 0.3) is 0 Å². The molecule has 0 radical (unpaired) electrons. The third kappa shape index (κ3) is 3.16. The van der Waals surface area contributed by atoms with Crippen molar-refractivity contribution in [1.29, 1.82) is 0 Å². The third-order valence-corrected chi connectivity index (χ3v) is 3.60. The number of aryl methyl sites for hydroxylation is 2. The fourth-order valence-corrected chi connectivity index (χ4v) is 2.81. The Balaban J connectivity index is 2.22. The van der Waals surface area contributed by atoms with Gasteiger partial charge in [-0.15, -0.1) is 0 Å². The lowest BCUT2D eigenvalue weighted by atomic mass is 9.97. The first-order chi connectivity index (χ1) is 8.19. The summed E-state index contributed by atoms with van der Waals surface area (Å²) in [5.41, 5.74) is 8.07. The highest BCUT2D eigenvalue weighted by molar-refractivity contribution is 7.07. The fraction of sp³-hybridized carbons (Fsp3) is 0.286. The smallest absolute Gasteiger partial charge is 0.0500 e.